The number of carbonyl (C=O) groups excluding carboxylic acids is 1. The molecule has 3 nitrogen and oxygen atoms in total. The molecule has 1 aromatic rings. The van der Waals surface area contributed by atoms with Gasteiger partial charge in [-0.25, -0.2) is 0 Å². The number of rotatable bonds is 2. The second-order valence-electron chi connectivity index (χ2n) is 3.81. The van der Waals surface area contributed by atoms with Crippen molar-refractivity contribution < 1.29 is 4.79 Å². The van der Waals surface area contributed by atoms with E-state index in [0.29, 0.717) is 18.5 Å². The average Bonchev–Trinajstić information content (AvgIpc) is 2.41. The highest BCUT2D eigenvalue weighted by atomic mass is 16.1. The smallest absolute Gasteiger partial charge is 0.184 e. The van der Waals surface area contributed by atoms with Crippen molar-refractivity contribution in [3.8, 4) is 6.07 Å². The Balaban J connectivity index is 0.000000686. The fourth-order valence-corrected chi connectivity index (χ4v) is 2.03. The highest BCUT2D eigenvalue weighted by Crippen LogP contribution is 2.26. The lowest BCUT2D eigenvalue weighted by Gasteiger charge is -2.21. The molecule has 1 atom stereocenters. The molecule has 0 bridgehead atoms. The summed E-state index contributed by atoms with van der Waals surface area (Å²) in [6.45, 7) is 4.00. The van der Waals surface area contributed by atoms with Gasteiger partial charge in [0.25, 0.3) is 0 Å². The van der Waals surface area contributed by atoms with E-state index in [4.69, 9.17) is 5.26 Å². The van der Waals surface area contributed by atoms with Crippen LogP contribution in [0.4, 0.5) is 0 Å². The molecule has 1 aliphatic carbocycles. The quantitative estimate of drug-likeness (QED) is 0.784. The summed E-state index contributed by atoms with van der Waals surface area (Å²) in [5, 5.41) is 8.50. The first-order valence-corrected chi connectivity index (χ1v) is 6.18. The molecule has 0 spiro atoms. The minimum atomic E-state index is 0.00653. The van der Waals surface area contributed by atoms with Crippen molar-refractivity contribution in [1.29, 1.82) is 5.26 Å². The summed E-state index contributed by atoms with van der Waals surface area (Å²) in [7, 11) is 0. The molecule has 0 aromatic carbocycles. The summed E-state index contributed by atoms with van der Waals surface area (Å²) in [5.74, 6) is 0.124. The maximum absolute atomic E-state index is 12.0. The molecule has 0 aliphatic heterocycles. The number of nitriles is 1. The first-order valence-electron chi connectivity index (χ1n) is 6.18. The van der Waals surface area contributed by atoms with Crippen molar-refractivity contribution in [3.63, 3.8) is 0 Å². The van der Waals surface area contributed by atoms with Crippen LogP contribution in [0.2, 0.25) is 0 Å². The normalized spacial score (nSPS) is 17.5. The van der Waals surface area contributed by atoms with Crippen LogP contribution in [0.25, 0.3) is 0 Å². The maximum Gasteiger partial charge on any atom is 0.184 e. The summed E-state index contributed by atoms with van der Waals surface area (Å²) < 4.78 is 0. The molecule has 1 aromatic heterocycles. The standard InChI is InChI=1S/C12H12N2O.C2H6/c13-7-1-3-10-6-5-9-4-2-8-14-11(9)12(10)15;1-2/h2,4,8,10H,1,3,5-6H2;1-2H3. The number of carbonyl (C=O) groups is 1. The molecular formula is C14H18N2O. The summed E-state index contributed by atoms with van der Waals surface area (Å²) >= 11 is 0. The van der Waals surface area contributed by atoms with Gasteiger partial charge in [-0.05, 0) is 30.9 Å². The zero-order valence-electron chi connectivity index (χ0n) is 10.4. The van der Waals surface area contributed by atoms with E-state index in [0.717, 1.165) is 18.4 Å². The lowest BCUT2D eigenvalue weighted by atomic mass is 9.83. The Bertz CT molecular complexity index is 420. The van der Waals surface area contributed by atoms with Crippen LogP contribution in [0.3, 0.4) is 0 Å². The molecule has 0 N–H and O–H groups in total. The Labute approximate surface area is 102 Å². The lowest BCUT2D eigenvalue weighted by Crippen LogP contribution is -2.23. The number of nitrogens with zero attached hydrogens (tertiary/aromatic N) is 2. The maximum atomic E-state index is 12.0. The number of hydrogen-bond donors (Lipinski definition) is 0. The van der Waals surface area contributed by atoms with E-state index in [1.165, 1.54) is 0 Å². The third-order valence-corrected chi connectivity index (χ3v) is 2.86. The van der Waals surface area contributed by atoms with Crippen LogP contribution in [0.5, 0.6) is 0 Å². The highest BCUT2D eigenvalue weighted by Gasteiger charge is 2.27. The molecule has 1 aliphatic rings. The topological polar surface area (TPSA) is 53.8 Å². The molecule has 0 radical (unpaired) electrons. The van der Waals surface area contributed by atoms with Gasteiger partial charge >= 0.3 is 0 Å². The van der Waals surface area contributed by atoms with Gasteiger partial charge in [0.2, 0.25) is 0 Å². The monoisotopic (exact) mass is 230 g/mol. The Kier molecular flexibility index (Phi) is 5.35. The third kappa shape index (κ3) is 3.13. The molecular weight excluding hydrogens is 212 g/mol. The Hall–Kier alpha value is -1.69. The second-order valence-corrected chi connectivity index (χ2v) is 3.81. The molecule has 0 saturated heterocycles. The fraction of sp³-hybridized carbons (Fsp3) is 0.500. The van der Waals surface area contributed by atoms with Crippen LogP contribution in [0.15, 0.2) is 18.3 Å². The molecule has 17 heavy (non-hydrogen) atoms. The van der Waals surface area contributed by atoms with Crippen LogP contribution < -0.4 is 0 Å². The summed E-state index contributed by atoms with van der Waals surface area (Å²) in [6, 6.07) is 5.91. The van der Waals surface area contributed by atoms with Crippen molar-refractivity contribution in [3.05, 3.63) is 29.6 Å². The molecule has 1 unspecified atom stereocenters. The van der Waals surface area contributed by atoms with Crippen molar-refractivity contribution in [1.82, 2.24) is 4.98 Å². The zero-order valence-corrected chi connectivity index (χ0v) is 10.4. The Morgan fingerprint density at radius 1 is 1.53 bits per heavy atom. The van der Waals surface area contributed by atoms with E-state index in [2.05, 4.69) is 11.1 Å². The molecule has 90 valence electrons. The van der Waals surface area contributed by atoms with Gasteiger partial charge in [0.05, 0.1) is 6.07 Å². The highest BCUT2D eigenvalue weighted by molar-refractivity contribution is 5.98. The van der Waals surface area contributed by atoms with Crippen molar-refractivity contribution in [2.24, 2.45) is 5.92 Å². The lowest BCUT2D eigenvalue weighted by molar-refractivity contribution is 0.0890. The number of ketones is 1. The van der Waals surface area contributed by atoms with Gasteiger partial charge in [0.15, 0.2) is 5.78 Å². The van der Waals surface area contributed by atoms with Gasteiger partial charge < -0.3 is 0 Å². The molecule has 0 saturated carbocycles. The third-order valence-electron chi connectivity index (χ3n) is 2.86. The molecule has 3 heteroatoms. The van der Waals surface area contributed by atoms with Crippen LogP contribution in [-0.4, -0.2) is 10.8 Å². The molecule has 0 amide bonds. The minimum Gasteiger partial charge on any atom is -0.292 e. The van der Waals surface area contributed by atoms with E-state index in [9.17, 15) is 4.79 Å². The Morgan fingerprint density at radius 3 is 3.00 bits per heavy atom. The first-order chi connectivity index (χ1) is 8.33. The van der Waals surface area contributed by atoms with Gasteiger partial charge in [-0.15, -0.1) is 0 Å². The Morgan fingerprint density at radius 2 is 2.29 bits per heavy atom. The zero-order chi connectivity index (χ0) is 12.7. The van der Waals surface area contributed by atoms with Crippen LogP contribution in [0, 0.1) is 17.2 Å². The molecule has 0 fully saturated rings. The van der Waals surface area contributed by atoms with Gasteiger partial charge in [0.1, 0.15) is 5.69 Å². The fourth-order valence-electron chi connectivity index (χ4n) is 2.03. The summed E-state index contributed by atoms with van der Waals surface area (Å²) in [4.78, 5) is 16.1. The van der Waals surface area contributed by atoms with E-state index < -0.39 is 0 Å². The van der Waals surface area contributed by atoms with Gasteiger partial charge in [-0.3, -0.25) is 9.78 Å². The predicted octanol–water partition coefficient (Wildman–Crippen LogP) is 3.16. The largest absolute Gasteiger partial charge is 0.292 e. The van der Waals surface area contributed by atoms with E-state index >= 15 is 0 Å². The van der Waals surface area contributed by atoms with Crippen LogP contribution in [0.1, 0.15) is 49.2 Å². The van der Waals surface area contributed by atoms with E-state index in [-0.39, 0.29) is 11.7 Å². The van der Waals surface area contributed by atoms with Gasteiger partial charge in [-0.2, -0.15) is 5.26 Å². The van der Waals surface area contributed by atoms with Gasteiger partial charge in [-0.1, -0.05) is 19.9 Å². The summed E-state index contributed by atoms with van der Waals surface area (Å²) in [5.41, 5.74) is 1.67. The van der Waals surface area contributed by atoms with Crippen LogP contribution >= 0.6 is 0 Å². The van der Waals surface area contributed by atoms with Gasteiger partial charge in [0, 0.05) is 18.5 Å². The second kappa shape index (κ2) is 6.80. The number of aryl methyl sites for hydroxylation is 1. The average molecular weight is 230 g/mol. The SMILES string of the molecule is CC.N#CCCC1CCc2cccnc2C1=O. The molecule has 1 heterocycles. The molecule has 2 rings (SSSR count). The minimum absolute atomic E-state index is 0.00653. The number of aromatic nitrogens is 1. The van der Waals surface area contributed by atoms with Crippen LogP contribution in [-0.2, 0) is 6.42 Å². The van der Waals surface area contributed by atoms with Crippen molar-refractivity contribution in [2.75, 3.05) is 0 Å². The number of pyridine rings is 1. The van der Waals surface area contributed by atoms with Crippen molar-refractivity contribution in [2.45, 2.75) is 39.5 Å². The number of Topliss-reactive ketones (excluding diaryl/α,β-unsaturated/α-hetero) is 1. The summed E-state index contributed by atoms with van der Waals surface area (Å²) in [6.07, 6.45) is 4.55. The number of fused-ring (bicyclic) bond motifs is 1. The predicted molar refractivity (Wildman–Crippen MR) is 66.6 cm³/mol. The van der Waals surface area contributed by atoms with E-state index in [1.807, 2.05) is 26.0 Å². The first kappa shape index (κ1) is 13.4. The van der Waals surface area contributed by atoms with E-state index in [1.54, 1.807) is 6.20 Å². The number of hydrogen-bond acceptors (Lipinski definition) is 3. The van der Waals surface area contributed by atoms with Crippen molar-refractivity contribution >= 4 is 5.78 Å².